The number of nitrogens with two attached hydrogens (primary N) is 2. The number of thiophene rings is 1. The Morgan fingerprint density at radius 1 is 1.58 bits per heavy atom. The zero-order valence-electron chi connectivity index (χ0n) is 10.3. The molecule has 0 saturated heterocycles. The van der Waals surface area contributed by atoms with Crippen molar-refractivity contribution in [2.45, 2.75) is 19.8 Å². The van der Waals surface area contributed by atoms with Crippen LogP contribution in [0.15, 0.2) is 16.2 Å². The predicted molar refractivity (Wildman–Crippen MR) is 76.1 cm³/mol. The third kappa shape index (κ3) is 1.94. The molecule has 7 nitrogen and oxygen atoms in total. The number of aryl methyl sites for hydroxylation is 1. The minimum atomic E-state index is -0.480. The van der Waals surface area contributed by atoms with E-state index in [1.807, 2.05) is 17.2 Å². The molecule has 2 aromatic rings. The van der Waals surface area contributed by atoms with Gasteiger partial charge in [0, 0.05) is 4.88 Å². The number of rotatable bonds is 2. The quantitative estimate of drug-likeness (QED) is 0.632. The Morgan fingerprint density at radius 3 is 3.05 bits per heavy atom. The summed E-state index contributed by atoms with van der Waals surface area (Å²) in [5.41, 5.74) is 12.9. The maximum absolute atomic E-state index is 11.8. The van der Waals surface area contributed by atoms with Gasteiger partial charge in [-0.05, 0) is 23.9 Å². The predicted octanol–water partition coefficient (Wildman–Crippen LogP) is 0.396. The smallest absolute Gasteiger partial charge is 0.277 e. The lowest BCUT2D eigenvalue weighted by atomic mass is 10.3. The third-order valence-corrected chi connectivity index (χ3v) is 4.11. The number of nitrogens with zero attached hydrogens (tertiary/aromatic N) is 2. The number of hydrogen-bond donors (Lipinski definition) is 4. The van der Waals surface area contributed by atoms with E-state index in [0.29, 0.717) is 18.1 Å². The molecule has 1 aliphatic heterocycles. The number of H-pyrrole nitrogens is 1. The second-order valence-electron chi connectivity index (χ2n) is 4.39. The molecule has 0 amide bonds. The Labute approximate surface area is 113 Å². The van der Waals surface area contributed by atoms with Crippen LogP contribution in [0.25, 0.3) is 0 Å². The molecule has 0 radical (unpaired) electrons. The Hall–Kier alpha value is -2.06. The summed E-state index contributed by atoms with van der Waals surface area (Å²) < 4.78 is 0. The van der Waals surface area contributed by atoms with Crippen molar-refractivity contribution in [3.8, 4) is 0 Å². The number of nitrogens with one attached hydrogen (secondary N) is 2. The molecule has 1 atom stereocenters. The molecule has 19 heavy (non-hydrogen) atoms. The fourth-order valence-electron chi connectivity index (χ4n) is 2.07. The van der Waals surface area contributed by atoms with Crippen LogP contribution in [0.1, 0.15) is 10.4 Å². The van der Waals surface area contributed by atoms with Crippen molar-refractivity contribution in [3.05, 3.63) is 32.2 Å². The summed E-state index contributed by atoms with van der Waals surface area (Å²) in [6.07, 6.45) is -0.480. The Balaban J connectivity index is 2.01. The molecule has 0 fully saturated rings. The van der Waals surface area contributed by atoms with Crippen LogP contribution >= 0.6 is 11.3 Å². The number of aromatic nitrogens is 2. The Morgan fingerprint density at radius 2 is 2.37 bits per heavy atom. The lowest BCUT2D eigenvalue weighted by Gasteiger charge is -2.22. The number of aromatic amines is 1. The van der Waals surface area contributed by atoms with Crippen LogP contribution in [-0.4, -0.2) is 16.3 Å². The molecule has 0 bridgehead atoms. The monoisotopic (exact) mass is 278 g/mol. The Kier molecular flexibility index (Phi) is 2.68. The highest BCUT2D eigenvalue weighted by molar-refractivity contribution is 7.10. The molecule has 2 aromatic heterocycles. The van der Waals surface area contributed by atoms with Crippen molar-refractivity contribution in [3.63, 3.8) is 0 Å². The van der Waals surface area contributed by atoms with Crippen LogP contribution in [0.4, 0.5) is 17.5 Å². The first kappa shape index (κ1) is 12.0. The first-order chi connectivity index (χ1) is 9.06. The van der Waals surface area contributed by atoms with E-state index >= 15 is 0 Å². The van der Waals surface area contributed by atoms with Gasteiger partial charge in [0.05, 0.1) is 6.54 Å². The molecular weight excluding hydrogens is 264 g/mol. The van der Waals surface area contributed by atoms with Gasteiger partial charge < -0.3 is 16.0 Å². The van der Waals surface area contributed by atoms with Gasteiger partial charge in [-0.1, -0.05) is 0 Å². The minimum Gasteiger partial charge on any atom is -0.369 e. The fourth-order valence-corrected chi connectivity index (χ4v) is 2.97. The minimum absolute atomic E-state index is 0.0903. The van der Waals surface area contributed by atoms with E-state index in [0.717, 1.165) is 0 Å². The first-order valence-corrected chi connectivity index (χ1v) is 6.66. The molecule has 0 aromatic carbocycles. The van der Waals surface area contributed by atoms with Gasteiger partial charge in [-0.2, -0.15) is 4.98 Å². The molecule has 100 valence electrons. The number of anilines is 3. The van der Waals surface area contributed by atoms with Crippen LogP contribution in [0, 0.1) is 6.92 Å². The van der Waals surface area contributed by atoms with Gasteiger partial charge in [0.15, 0.2) is 12.1 Å². The number of nitrogen functional groups attached to an aromatic ring is 1. The second kappa shape index (κ2) is 4.25. The van der Waals surface area contributed by atoms with Gasteiger partial charge >= 0.3 is 0 Å². The average molecular weight is 278 g/mol. The summed E-state index contributed by atoms with van der Waals surface area (Å²) >= 11 is 1.65. The number of hydrogen-bond acceptors (Lipinski definition) is 7. The van der Waals surface area contributed by atoms with E-state index in [9.17, 15) is 4.79 Å². The normalized spacial score (nSPS) is 17.4. The van der Waals surface area contributed by atoms with Crippen LogP contribution < -0.4 is 27.2 Å². The lowest BCUT2D eigenvalue weighted by Crippen LogP contribution is -2.42. The molecule has 0 saturated carbocycles. The van der Waals surface area contributed by atoms with Crippen molar-refractivity contribution in [1.29, 1.82) is 0 Å². The fraction of sp³-hybridized carbons (Fsp3) is 0.273. The molecule has 0 spiro atoms. The summed E-state index contributed by atoms with van der Waals surface area (Å²) in [5, 5.41) is 4.95. The molecule has 8 heteroatoms. The van der Waals surface area contributed by atoms with Crippen molar-refractivity contribution in [2.75, 3.05) is 16.0 Å². The lowest BCUT2D eigenvalue weighted by molar-refractivity contribution is 0.694. The highest BCUT2D eigenvalue weighted by Gasteiger charge is 2.30. The van der Waals surface area contributed by atoms with Gasteiger partial charge in [0.25, 0.3) is 5.56 Å². The van der Waals surface area contributed by atoms with Gasteiger partial charge in [0.2, 0.25) is 5.95 Å². The van der Waals surface area contributed by atoms with E-state index in [2.05, 4.69) is 21.4 Å². The van der Waals surface area contributed by atoms with Gasteiger partial charge in [0.1, 0.15) is 5.69 Å². The highest BCUT2D eigenvalue weighted by atomic mass is 32.1. The van der Waals surface area contributed by atoms with E-state index in [-0.39, 0.29) is 11.5 Å². The van der Waals surface area contributed by atoms with Crippen LogP contribution in [0.3, 0.4) is 0 Å². The summed E-state index contributed by atoms with van der Waals surface area (Å²) in [4.78, 5) is 21.4. The molecule has 1 aliphatic rings. The molecule has 6 N–H and O–H groups in total. The van der Waals surface area contributed by atoms with Gasteiger partial charge in [-0.25, -0.2) is 0 Å². The highest BCUT2D eigenvalue weighted by Crippen LogP contribution is 2.31. The molecule has 1 unspecified atom stereocenters. The van der Waals surface area contributed by atoms with E-state index in [4.69, 9.17) is 11.5 Å². The molecular formula is C11H14N6OS. The van der Waals surface area contributed by atoms with Gasteiger partial charge in [-0.3, -0.25) is 15.5 Å². The summed E-state index contributed by atoms with van der Waals surface area (Å²) in [6.45, 7) is 2.64. The first-order valence-electron chi connectivity index (χ1n) is 5.78. The topological polar surface area (TPSA) is 113 Å². The molecule has 3 heterocycles. The van der Waals surface area contributed by atoms with Gasteiger partial charge in [-0.15, -0.1) is 11.3 Å². The zero-order valence-corrected chi connectivity index (χ0v) is 11.1. The second-order valence-corrected chi connectivity index (χ2v) is 5.39. The summed E-state index contributed by atoms with van der Waals surface area (Å²) in [7, 11) is 0. The number of fused-ring (bicyclic) bond motifs is 1. The van der Waals surface area contributed by atoms with Crippen LogP contribution in [0.5, 0.6) is 0 Å². The van der Waals surface area contributed by atoms with E-state index in [1.165, 1.54) is 10.4 Å². The molecule has 0 aliphatic carbocycles. The SMILES string of the molecule is Cc1ccsc1CN1c2nc(N)[nH]c(=O)c2NC1N. The van der Waals surface area contributed by atoms with Crippen LogP contribution in [0.2, 0.25) is 0 Å². The van der Waals surface area contributed by atoms with Crippen LogP contribution in [-0.2, 0) is 6.54 Å². The standard InChI is InChI=1S/C11H14N6OS/c1-5-2-3-19-6(5)4-17-8-7(14-11(17)13)9(18)16-10(12)15-8/h2-3,11,14H,4,13H2,1H3,(H3,12,15,16,18). The largest absolute Gasteiger partial charge is 0.369 e. The third-order valence-electron chi connectivity index (χ3n) is 3.10. The van der Waals surface area contributed by atoms with Crippen molar-refractivity contribution < 1.29 is 0 Å². The summed E-state index contributed by atoms with van der Waals surface area (Å²) in [6, 6.07) is 2.05. The maximum atomic E-state index is 11.8. The van der Waals surface area contributed by atoms with E-state index < -0.39 is 6.29 Å². The zero-order chi connectivity index (χ0) is 13.6. The maximum Gasteiger partial charge on any atom is 0.277 e. The average Bonchev–Trinajstić information content (AvgIpc) is 2.87. The molecule has 3 rings (SSSR count). The Bertz CT molecular complexity index is 678. The van der Waals surface area contributed by atoms with Crippen molar-refractivity contribution in [2.24, 2.45) is 5.73 Å². The van der Waals surface area contributed by atoms with Crippen molar-refractivity contribution in [1.82, 2.24) is 9.97 Å². The summed E-state index contributed by atoms with van der Waals surface area (Å²) in [5.74, 6) is 0.592. The van der Waals surface area contributed by atoms with Crippen molar-refractivity contribution >= 4 is 28.8 Å². The van der Waals surface area contributed by atoms with E-state index in [1.54, 1.807) is 11.3 Å².